The quantitative estimate of drug-likeness (QED) is 0.396. The van der Waals surface area contributed by atoms with Gasteiger partial charge in [-0.05, 0) is 67.3 Å². The predicted molar refractivity (Wildman–Crippen MR) is 135 cm³/mol. The maximum Gasteiger partial charge on any atom is 0.323 e. The lowest BCUT2D eigenvalue weighted by atomic mass is 10.1. The number of rotatable bonds is 10. The van der Waals surface area contributed by atoms with Crippen LogP contribution in [0.1, 0.15) is 35.7 Å². The normalized spacial score (nSPS) is 10.5. The van der Waals surface area contributed by atoms with E-state index < -0.39 is 5.97 Å². The average Bonchev–Trinajstić information content (AvgIpc) is 2.84. The molecule has 1 heterocycles. The van der Waals surface area contributed by atoms with Gasteiger partial charge >= 0.3 is 12.0 Å². The summed E-state index contributed by atoms with van der Waals surface area (Å²) < 4.78 is 0. The monoisotopic (exact) mass is 474 g/mol. The van der Waals surface area contributed by atoms with Crippen LogP contribution in [0.5, 0.6) is 0 Å². The van der Waals surface area contributed by atoms with Gasteiger partial charge in [-0.1, -0.05) is 30.3 Å². The van der Waals surface area contributed by atoms with Crippen LogP contribution in [0.3, 0.4) is 0 Å². The van der Waals surface area contributed by atoms with Crippen molar-refractivity contribution in [3.05, 3.63) is 89.2 Å². The summed E-state index contributed by atoms with van der Waals surface area (Å²) in [6.45, 7) is 4.72. The lowest BCUT2D eigenvalue weighted by Gasteiger charge is -2.21. The van der Waals surface area contributed by atoms with Crippen molar-refractivity contribution in [3.63, 3.8) is 0 Å². The van der Waals surface area contributed by atoms with Crippen LogP contribution < -0.4 is 10.6 Å². The van der Waals surface area contributed by atoms with Crippen LogP contribution in [-0.4, -0.2) is 39.4 Å². The molecule has 182 valence electrons. The van der Waals surface area contributed by atoms with Gasteiger partial charge in [0, 0.05) is 30.5 Å². The fraction of sp³-hybridized carbons (Fsp3) is 0.259. The Morgan fingerprint density at radius 2 is 1.71 bits per heavy atom. The number of amides is 3. The Kier molecular flexibility index (Phi) is 8.95. The molecule has 3 aromatic rings. The molecule has 0 saturated heterocycles. The second-order valence-electron chi connectivity index (χ2n) is 8.22. The highest BCUT2D eigenvalue weighted by molar-refractivity contribution is 6.00. The number of pyridine rings is 1. The molecule has 0 aliphatic carbocycles. The number of carboxylic acid groups (broad SMARTS) is 1. The van der Waals surface area contributed by atoms with E-state index in [1.807, 2.05) is 56.3 Å². The summed E-state index contributed by atoms with van der Waals surface area (Å²) >= 11 is 0. The standard InChI is InChI=1S/C27H30N4O4/c1-3-31(18-23-16-21(14-15-28-23)10-13-26(33)34)25(32)17-20-8-11-22(12-9-20)29-27(35)30-24-7-5-4-6-19(24)2/h4-9,11-12,14-16H,3,10,13,17-18H2,1-2H3,(H,33,34)(H2,29,30,35). The third kappa shape index (κ3) is 7.96. The summed E-state index contributed by atoms with van der Waals surface area (Å²) in [5.74, 6) is -0.884. The third-order valence-corrected chi connectivity index (χ3v) is 5.56. The average molecular weight is 475 g/mol. The largest absolute Gasteiger partial charge is 0.481 e. The van der Waals surface area contributed by atoms with E-state index in [-0.39, 0.29) is 24.8 Å². The topological polar surface area (TPSA) is 112 Å². The maximum atomic E-state index is 12.9. The minimum Gasteiger partial charge on any atom is -0.481 e. The molecule has 1 aromatic heterocycles. The SMILES string of the molecule is CCN(Cc1cc(CCC(=O)O)ccn1)C(=O)Cc1ccc(NC(=O)Nc2ccccc2C)cc1. The van der Waals surface area contributed by atoms with Gasteiger partial charge in [-0.2, -0.15) is 0 Å². The first kappa shape index (κ1) is 25.4. The molecule has 0 fully saturated rings. The van der Waals surface area contributed by atoms with Gasteiger partial charge < -0.3 is 20.6 Å². The fourth-order valence-corrected chi connectivity index (χ4v) is 3.58. The van der Waals surface area contributed by atoms with E-state index in [1.165, 1.54) is 0 Å². The molecular formula is C27H30N4O4. The fourth-order valence-electron chi connectivity index (χ4n) is 3.58. The number of urea groups is 1. The van der Waals surface area contributed by atoms with Crippen molar-refractivity contribution in [2.45, 2.75) is 39.7 Å². The van der Waals surface area contributed by atoms with Gasteiger partial charge in [0.2, 0.25) is 5.91 Å². The predicted octanol–water partition coefficient (Wildman–Crippen LogP) is 4.64. The van der Waals surface area contributed by atoms with Crippen LogP contribution >= 0.6 is 0 Å². The molecule has 0 atom stereocenters. The highest BCUT2D eigenvalue weighted by Crippen LogP contribution is 2.16. The molecule has 3 amide bonds. The second kappa shape index (κ2) is 12.3. The molecule has 0 radical (unpaired) electrons. The number of anilines is 2. The first-order chi connectivity index (χ1) is 16.8. The van der Waals surface area contributed by atoms with Gasteiger partial charge in [-0.25, -0.2) is 4.79 Å². The van der Waals surface area contributed by atoms with E-state index in [0.717, 1.165) is 28.1 Å². The second-order valence-corrected chi connectivity index (χ2v) is 8.22. The Labute approximate surface area is 205 Å². The maximum absolute atomic E-state index is 12.9. The smallest absolute Gasteiger partial charge is 0.323 e. The molecule has 0 bridgehead atoms. The van der Waals surface area contributed by atoms with Crippen LogP contribution in [0.4, 0.5) is 16.2 Å². The van der Waals surface area contributed by atoms with Crippen molar-refractivity contribution >= 4 is 29.3 Å². The Morgan fingerprint density at radius 3 is 2.40 bits per heavy atom. The van der Waals surface area contributed by atoms with Gasteiger partial charge in [-0.3, -0.25) is 14.6 Å². The minimum atomic E-state index is -0.845. The molecule has 0 aliphatic rings. The molecular weight excluding hydrogens is 444 g/mol. The molecule has 0 spiro atoms. The van der Waals surface area contributed by atoms with Crippen LogP contribution in [0.2, 0.25) is 0 Å². The third-order valence-electron chi connectivity index (χ3n) is 5.56. The number of hydrogen-bond donors (Lipinski definition) is 3. The zero-order chi connectivity index (χ0) is 25.2. The lowest BCUT2D eigenvalue weighted by molar-refractivity contribution is -0.137. The Balaban J connectivity index is 1.55. The van der Waals surface area contributed by atoms with E-state index in [0.29, 0.717) is 25.2 Å². The molecule has 3 N–H and O–H groups in total. The van der Waals surface area contributed by atoms with Crippen LogP contribution in [0.15, 0.2) is 66.9 Å². The summed E-state index contributed by atoms with van der Waals surface area (Å²) in [7, 11) is 0. The molecule has 3 rings (SSSR count). The summed E-state index contributed by atoms with van der Waals surface area (Å²) in [6, 6.07) is 18.0. The number of nitrogens with zero attached hydrogens (tertiary/aromatic N) is 2. The number of para-hydroxylation sites is 1. The van der Waals surface area contributed by atoms with E-state index in [2.05, 4.69) is 15.6 Å². The van der Waals surface area contributed by atoms with E-state index in [1.54, 1.807) is 29.3 Å². The first-order valence-electron chi connectivity index (χ1n) is 11.5. The first-order valence-corrected chi connectivity index (χ1v) is 11.5. The van der Waals surface area contributed by atoms with Crippen molar-refractivity contribution in [2.75, 3.05) is 17.2 Å². The Hall–Kier alpha value is -4.20. The molecule has 35 heavy (non-hydrogen) atoms. The summed E-state index contributed by atoms with van der Waals surface area (Å²) in [5.41, 5.74) is 4.79. The van der Waals surface area contributed by atoms with Gasteiger partial charge in [-0.15, -0.1) is 0 Å². The zero-order valence-electron chi connectivity index (χ0n) is 20.0. The van der Waals surface area contributed by atoms with Gasteiger partial charge in [0.1, 0.15) is 0 Å². The number of aryl methyl sites for hydroxylation is 2. The molecule has 0 aliphatic heterocycles. The van der Waals surface area contributed by atoms with Crippen molar-refractivity contribution in [1.82, 2.24) is 9.88 Å². The highest BCUT2D eigenvalue weighted by Gasteiger charge is 2.14. The van der Waals surface area contributed by atoms with E-state index in [4.69, 9.17) is 5.11 Å². The molecule has 0 saturated carbocycles. The van der Waals surface area contributed by atoms with Gasteiger partial charge in [0.25, 0.3) is 0 Å². The lowest BCUT2D eigenvalue weighted by Crippen LogP contribution is -2.32. The number of carbonyl (C=O) groups excluding carboxylic acids is 2. The van der Waals surface area contributed by atoms with Crippen LogP contribution in [0, 0.1) is 6.92 Å². The van der Waals surface area contributed by atoms with Gasteiger partial charge in [0.05, 0.1) is 18.7 Å². The molecule has 2 aromatic carbocycles. The van der Waals surface area contributed by atoms with Crippen molar-refractivity contribution in [1.29, 1.82) is 0 Å². The van der Waals surface area contributed by atoms with Gasteiger partial charge in [0.15, 0.2) is 0 Å². The Morgan fingerprint density at radius 1 is 0.971 bits per heavy atom. The van der Waals surface area contributed by atoms with E-state index >= 15 is 0 Å². The summed E-state index contributed by atoms with van der Waals surface area (Å²) in [6.07, 6.45) is 2.35. The molecule has 8 nitrogen and oxygen atoms in total. The summed E-state index contributed by atoms with van der Waals surface area (Å²) in [5, 5.41) is 14.5. The van der Waals surface area contributed by atoms with Crippen molar-refractivity contribution < 1.29 is 19.5 Å². The van der Waals surface area contributed by atoms with Crippen molar-refractivity contribution in [2.24, 2.45) is 0 Å². The highest BCUT2D eigenvalue weighted by atomic mass is 16.4. The number of hydrogen-bond acceptors (Lipinski definition) is 4. The minimum absolute atomic E-state index is 0.0387. The number of carbonyl (C=O) groups is 3. The number of likely N-dealkylation sites (N-methyl/N-ethyl adjacent to an activating group) is 1. The number of aliphatic carboxylic acids is 1. The van der Waals surface area contributed by atoms with E-state index in [9.17, 15) is 14.4 Å². The van der Waals surface area contributed by atoms with Crippen LogP contribution in [0.25, 0.3) is 0 Å². The number of nitrogens with one attached hydrogen (secondary N) is 2. The van der Waals surface area contributed by atoms with Crippen LogP contribution in [-0.2, 0) is 29.0 Å². The number of aromatic nitrogens is 1. The number of benzene rings is 2. The summed E-state index contributed by atoms with van der Waals surface area (Å²) in [4.78, 5) is 42.0. The molecule has 0 unspecified atom stereocenters. The van der Waals surface area contributed by atoms with Crippen molar-refractivity contribution in [3.8, 4) is 0 Å². The Bertz CT molecular complexity index is 1180. The number of carboxylic acids is 1. The zero-order valence-corrected chi connectivity index (χ0v) is 20.0. The molecule has 8 heteroatoms.